The van der Waals surface area contributed by atoms with Crippen molar-refractivity contribution in [2.45, 2.75) is 44.8 Å². The van der Waals surface area contributed by atoms with Crippen LogP contribution in [-0.2, 0) is 9.53 Å². The second-order valence-electron chi connectivity index (χ2n) is 7.15. The number of benzene rings is 1. The van der Waals surface area contributed by atoms with Crippen LogP contribution < -0.4 is 10.6 Å². The quantitative estimate of drug-likeness (QED) is 0.888. The second kappa shape index (κ2) is 8.10. The lowest BCUT2D eigenvalue weighted by atomic mass is 9.90. The van der Waals surface area contributed by atoms with Crippen LogP contribution in [0, 0.1) is 0 Å². The predicted octanol–water partition coefficient (Wildman–Crippen LogP) is 2.20. The van der Waals surface area contributed by atoms with E-state index in [1.54, 1.807) is 0 Å². The molecule has 5 heteroatoms. The standard InChI is InChI=1S/C19H29N3O2/c1-14-11-22(12-15(2)24-14)13-19(23)21-18-5-3-16(4-6-18)17-7-9-20-10-8-17/h3-6,14-15,17,20H,7-13H2,1-2H3,(H,21,23). The van der Waals surface area contributed by atoms with Gasteiger partial charge < -0.3 is 15.4 Å². The molecule has 2 aliphatic heterocycles. The van der Waals surface area contributed by atoms with Gasteiger partial charge in [0.15, 0.2) is 0 Å². The molecule has 0 spiro atoms. The molecule has 0 aliphatic carbocycles. The zero-order valence-electron chi connectivity index (χ0n) is 14.8. The molecule has 3 rings (SSSR count). The molecule has 1 amide bonds. The number of nitrogens with one attached hydrogen (secondary N) is 2. The number of hydrogen-bond acceptors (Lipinski definition) is 4. The fourth-order valence-corrected chi connectivity index (χ4v) is 3.81. The lowest BCUT2D eigenvalue weighted by molar-refractivity contribution is -0.121. The van der Waals surface area contributed by atoms with Crippen LogP contribution in [0.5, 0.6) is 0 Å². The third-order valence-corrected chi connectivity index (χ3v) is 4.87. The van der Waals surface area contributed by atoms with Gasteiger partial charge in [-0.2, -0.15) is 0 Å². The van der Waals surface area contributed by atoms with Gasteiger partial charge in [-0.1, -0.05) is 12.1 Å². The van der Waals surface area contributed by atoms with Gasteiger partial charge in [-0.25, -0.2) is 0 Å². The number of hydrogen-bond donors (Lipinski definition) is 2. The van der Waals surface area contributed by atoms with E-state index < -0.39 is 0 Å². The normalized spacial score (nSPS) is 26.2. The highest BCUT2D eigenvalue weighted by Crippen LogP contribution is 2.26. The van der Waals surface area contributed by atoms with Crippen LogP contribution in [0.4, 0.5) is 5.69 Å². The summed E-state index contributed by atoms with van der Waals surface area (Å²) in [5, 5.41) is 6.41. The summed E-state index contributed by atoms with van der Waals surface area (Å²) >= 11 is 0. The van der Waals surface area contributed by atoms with E-state index in [1.807, 2.05) is 12.1 Å². The van der Waals surface area contributed by atoms with Gasteiger partial charge in [0.05, 0.1) is 18.8 Å². The van der Waals surface area contributed by atoms with Gasteiger partial charge in [-0.3, -0.25) is 9.69 Å². The average molecular weight is 331 g/mol. The summed E-state index contributed by atoms with van der Waals surface area (Å²) in [5.41, 5.74) is 2.26. The molecule has 24 heavy (non-hydrogen) atoms. The summed E-state index contributed by atoms with van der Waals surface area (Å²) in [5.74, 6) is 0.693. The summed E-state index contributed by atoms with van der Waals surface area (Å²) < 4.78 is 5.71. The maximum atomic E-state index is 12.3. The molecule has 0 bridgehead atoms. The van der Waals surface area contributed by atoms with Crippen LogP contribution in [-0.4, -0.2) is 55.7 Å². The molecule has 2 fully saturated rings. The molecule has 2 saturated heterocycles. The molecular weight excluding hydrogens is 302 g/mol. The predicted molar refractivity (Wildman–Crippen MR) is 96.4 cm³/mol. The van der Waals surface area contributed by atoms with Gasteiger partial charge >= 0.3 is 0 Å². The van der Waals surface area contributed by atoms with Gasteiger partial charge in [0.25, 0.3) is 0 Å². The van der Waals surface area contributed by atoms with E-state index in [0.717, 1.165) is 31.9 Å². The monoisotopic (exact) mass is 331 g/mol. The van der Waals surface area contributed by atoms with Crippen LogP contribution in [0.1, 0.15) is 38.2 Å². The molecule has 2 N–H and O–H groups in total. The van der Waals surface area contributed by atoms with Gasteiger partial charge in [0.1, 0.15) is 0 Å². The third kappa shape index (κ3) is 4.79. The molecule has 0 aromatic heterocycles. The summed E-state index contributed by atoms with van der Waals surface area (Å²) in [7, 11) is 0. The molecule has 5 nitrogen and oxygen atoms in total. The molecule has 2 aliphatic rings. The summed E-state index contributed by atoms with van der Waals surface area (Å²) in [6.07, 6.45) is 2.76. The van der Waals surface area contributed by atoms with E-state index in [9.17, 15) is 4.79 Å². The molecule has 1 aromatic rings. The molecule has 2 heterocycles. The Morgan fingerprint density at radius 2 is 1.79 bits per heavy atom. The van der Waals surface area contributed by atoms with Crippen LogP contribution >= 0.6 is 0 Å². The van der Waals surface area contributed by atoms with Crippen LogP contribution in [0.2, 0.25) is 0 Å². The Labute approximate surface area is 144 Å². The smallest absolute Gasteiger partial charge is 0.238 e. The lowest BCUT2D eigenvalue weighted by Gasteiger charge is -2.34. The molecule has 2 unspecified atom stereocenters. The Hall–Kier alpha value is -1.43. The summed E-state index contributed by atoms with van der Waals surface area (Å²) in [4.78, 5) is 14.4. The zero-order chi connectivity index (χ0) is 16.9. The van der Waals surface area contributed by atoms with Crippen LogP contribution in [0.15, 0.2) is 24.3 Å². The van der Waals surface area contributed by atoms with Gasteiger partial charge in [0, 0.05) is 18.8 Å². The molecule has 132 valence electrons. The Balaban J connectivity index is 1.50. The van der Waals surface area contributed by atoms with Crippen LogP contribution in [0.25, 0.3) is 0 Å². The SMILES string of the molecule is CC1CN(CC(=O)Nc2ccc(C3CCNCC3)cc2)CC(C)O1. The minimum Gasteiger partial charge on any atom is -0.373 e. The van der Waals surface area contributed by atoms with E-state index in [2.05, 4.69) is 41.5 Å². The highest BCUT2D eigenvalue weighted by molar-refractivity contribution is 5.92. The van der Waals surface area contributed by atoms with Crippen molar-refractivity contribution in [2.24, 2.45) is 0 Å². The van der Waals surface area contributed by atoms with E-state index in [0.29, 0.717) is 12.5 Å². The van der Waals surface area contributed by atoms with E-state index in [1.165, 1.54) is 18.4 Å². The van der Waals surface area contributed by atoms with Crippen molar-refractivity contribution in [3.8, 4) is 0 Å². The number of carbonyl (C=O) groups is 1. The largest absolute Gasteiger partial charge is 0.373 e. The Morgan fingerprint density at radius 3 is 2.42 bits per heavy atom. The average Bonchev–Trinajstić information content (AvgIpc) is 2.55. The maximum absolute atomic E-state index is 12.3. The van der Waals surface area contributed by atoms with Crippen molar-refractivity contribution in [3.63, 3.8) is 0 Å². The van der Waals surface area contributed by atoms with Crippen LogP contribution in [0.3, 0.4) is 0 Å². The lowest BCUT2D eigenvalue weighted by Crippen LogP contribution is -2.48. The topological polar surface area (TPSA) is 53.6 Å². The van der Waals surface area contributed by atoms with Crippen molar-refractivity contribution in [3.05, 3.63) is 29.8 Å². The summed E-state index contributed by atoms with van der Waals surface area (Å²) in [6, 6.07) is 8.37. The minimum absolute atomic E-state index is 0.0471. The number of rotatable bonds is 4. The first kappa shape index (κ1) is 17.4. The van der Waals surface area contributed by atoms with Crippen molar-refractivity contribution in [1.82, 2.24) is 10.2 Å². The fourth-order valence-electron chi connectivity index (χ4n) is 3.81. The fraction of sp³-hybridized carbons (Fsp3) is 0.632. The Bertz CT molecular complexity index is 530. The van der Waals surface area contributed by atoms with Crippen molar-refractivity contribution in [1.29, 1.82) is 0 Å². The zero-order valence-corrected chi connectivity index (χ0v) is 14.8. The summed E-state index contributed by atoms with van der Waals surface area (Å²) in [6.45, 7) is 8.35. The minimum atomic E-state index is 0.0471. The molecule has 0 radical (unpaired) electrons. The molecule has 1 aromatic carbocycles. The molecule has 0 saturated carbocycles. The van der Waals surface area contributed by atoms with E-state index in [-0.39, 0.29) is 18.1 Å². The molecule has 2 atom stereocenters. The first-order chi connectivity index (χ1) is 11.6. The Kier molecular flexibility index (Phi) is 5.87. The van der Waals surface area contributed by atoms with Gasteiger partial charge in [-0.15, -0.1) is 0 Å². The van der Waals surface area contributed by atoms with Gasteiger partial charge in [0.2, 0.25) is 5.91 Å². The first-order valence-corrected chi connectivity index (χ1v) is 9.08. The highest BCUT2D eigenvalue weighted by Gasteiger charge is 2.23. The molecular formula is C19H29N3O2. The number of piperidine rings is 1. The van der Waals surface area contributed by atoms with E-state index >= 15 is 0 Å². The van der Waals surface area contributed by atoms with Gasteiger partial charge in [-0.05, 0) is 63.4 Å². The number of morpholine rings is 1. The highest BCUT2D eigenvalue weighted by atomic mass is 16.5. The third-order valence-electron chi connectivity index (χ3n) is 4.87. The number of ether oxygens (including phenoxy) is 1. The first-order valence-electron chi connectivity index (χ1n) is 9.08. The number of nitrogens with zero attached hydrogens (tertiary/aromatic N) is 1. The number of anilines is 1. The number of carbonyl (C=O) groups excluding carboxylic acids is 1. The van der Waals surface area contributed by atoms with Crippen molar-refractivity contribution < 1.29 is 9.53 Å². The number of amides is 1. The van der Waals surface area contributed by atoms with Crippen molar-refractivity contribution >= 4 is 11.6 Å². The Morgan fingerprint density at radius 1 is 1.17 bits per heavy atom. The second-order valence-corrected chi connectivity index (χ2v) is 7.15. The van der Waals surface area contributed by atoms with E-state index in [4.69, 9.17) is 4.74 Å². The maximum Gasteiger partial charge on any atom is 0.238 e. The van der Waals surface area contributed by atoms with Crippen molar-refractivity contribution in [2.75, 3.05) is 38.0 Å².